The third-order valence-corrected chi connectivity index (χ3v) is 3.11. The molecule has 0 radical (unpaired) electrons. The molecule has 1 N–H and O–H groups in total. The highest BCUT2D eigenvalue weighted by Gasteiger charge is 2.03. The first-order valence-electron chi connectivity index (χ1n) is 6.56. The Bertz CT molecular complexity index is 555. The lowest BCUT2D eigenvalue weighted by molar-refractivity contribution is 0.339. The van der Waals surface area contributed by atoms with Crippen molar-refractivity contribution >= 4 is 11.6 Å². The highest BCUT2D eigenvalue weighted by molar-refractivity contribution is 6.31. The van der Waals surface area contributed by atoms with Crippen molar-refractivity contribution in [3.8, 4) is 17.2 Å². The number of benzene rings is 2. The van der Waals surface area contributed by atoms with Crippen LogP contribution in [-0.2, 0) is 6.54 Å². The summed E-state index contributed by atoms with van der Waals surface area (Å²) in [7, 11) is 1.89. The van der Waals surface area contributed by atoms with Crippen LogP contribution in [0, 0.1) is 0 Å². The molecule has 0 amide bonds. The Morgan fingerprint density at radius 2 is 1.65 bits per heavy atom. The van der Waals surface area contributed by atoms with Crippen LogP contribution in [0.1, 0.15) is 12.5 Å². The molecule has 0 saturated heterocycles. The van der Waals surface area contributed by atoms with Crippen molar-refractivity contribution in [1.82, 2.24) is 5.32 Å². The normalized spacial score (nSPS) is 10.3. The minimum Gasteiger partial charge on any atom is -0.494 e. The van der Waals surface area contributed by atoms with Gasteiger partial charge in [0.15, 0.2) is 0 Å². The molecule has 0 heterocycles. The van der Waals surface area contributed by atoms with Crippen molar-refractivity contribution in [3.05, 3.63) is 53.1 Å². The van der Waals surface area contributed by atoms with E-state index in [1.165, 1.54) is 0 Å². The number of hydrogen-bond acceptors (Lipinski definition) is 3. The maximum atomic E-state index is 6.20. The fourth-order valence-corrected chi connectivity index (χ4v) is 2.07. The monoisotopic (exact) mass is 291 g/mol. The SMILES string of the molecule is CCOc1ccc(Oc2ccc(CNC)c(Cl)c2)cc1. The van der Waals surface area contributed by atoms with Gasteiger partial charge < -0.3 is 14.8 Å². The van der Waals surface area contributed by atoms with Crippen LogP contribution in [-0.4, -0.2) is 13.7 Å². The van der Waals surface area contributed by atoms with Gasteiger partial charge in [-0.1, -0.05) is 17.7 Å². The lowest BCUT2D eigenvalue weighted by Gasteiger charge is -2.09. The van der Waals surface area contributed by atoms with E-state index < -0.39 is 0 Å². The molecule has 4 heteroatoms. The third kappa shape index (κ3) is 3.89. The molecule has 0 saturated carbocycles. The second kappa shape index (κ2) is 7.17. The minimum absolute atomic E-state index is 0.655. The van der Waals surface area contributed by atoms with Gasteiger partial charge in [-0.05, 0) is 55.9 Å². The fraction of sp³-hybridized carbons (Fsp3) is 0.250. The Morgan fingerprint density at radius 3 is 2.25 bits per heavy atom. The molecule has 3 nitrogen and oxygen atoms in total. The van der Waals surface area contributed by atoms with E-state index in [0.29, 0.717) is 11.6 Å². The summed E-state index contributed by atoms with van der Waals surface area (Å²) in [5, 5.41) is 3.77. The van der Waals surface area contributed by atoms with Gasteiger partial charge in [0.2, 0.25) is 0 Å². The summed E-state index contributed by atoms with van der Waals surface area (Å²) in [5.74, 6) is 2.31. The van der Waals surface area contributed by atoms with Gasteiger partial charge in [-0.2, -0.15) is 0 Å². The molecule has 0 atom stereocenters. The maximum Gasteiger partial charge on any atom is 0.128 e. The summed E-state index contributed by atoms with van der Waals surface area (Å²) in [4.78, 5) is 0. The summed E-state index contributed by atoms with van der Waals surface area (Å²) in [5.41, 5.74) is 1.05. The van der Waals surface area contributed by atoms with Crippen LogP contribution in [0.5, 0.6) is 17.2 Å². The summed E-state index contributed by atoms with van der Waals surface area (Å²) in [6.45, 7) is 3.35. The van der Waals surface area contributed by atoms with E-state index in [-0.39, 0.29) is 0 Å². The molecule has 0 aliphatic rings. The van der Waals surface area contributed by atoms with E-state index in [4.69, 9.17) is 21.1 Å². The smallest absolute Gasteiger partial charge is 0.128 e. The molecule has 0 spiro atoms. The molecule has 2 aromatic rings. The molecule has 0 fully saturated rings. The zero-order valence-corrected chi connectivity index (χ0v) is 12.4. The van der Waals surface area contributed by atoms with Crippen molar-refractivity contribution < 1.29 is 9.47 Å². The van der Waals surface area contributed by atoms with E-state index >= 15 is 0 Å². The van der Waals surface area contributed by atoms with E-state index in [9.17, 15) is 0 Å². The number of nitrogens with one attached hydrogen (secondary N) is 1. The Labute approximate surface area is 124 Å². The van der Waals surface area contributed by atoms with Gasteiger partial charge in [0, 0.05) is 11.6 Å². The first-order chi connectivity index (χ1) is 9.72. The van der Waals surface area contributed by atoms with Crippen molar-refractivity contribution in [2.45, 2.75) is 13.5 Å². The van der Waals surface area contributed by atoms with Crippen molar-refractivity contribution in [3.63, 3.8) is 0 Å². The lowest BCUT2D eigenvalue weighted by atomic mass is 10.2. The Kier molecular flexibility index (Phi) is 5.27. The lowest BCUT2D eigenvalue weighted by Crippen LogP contribution is -2.05. The Balaban J connectivity index is 2.07. The third-order valence-electron chi connectivity index (χ3n) is 2.76. The van der Waals surface area contributed by atoms with Gasteiger partial charge in [0.25, 0.3) is 0 Å². The van der Waals surface area contributed by atoms with Crippen LogP contribution in [0.25, 0.3) is 0 Å². The Hall–Kier alpha value is -1.71. The van der Waals surface area contributed by atoms with Crippen LogP contribution < -0.4 is 14.8 Å². The van der Waals surface area contributed by atoms with E-state index in [1.807, 2.05) is 56.4 Å². The highest BCUT2D eigenvalue weighted by atomic mass is 35.5. The van der Waals surface area contributed by atoms with Crippen LogP contribution >= 0.6 is 11.6 Å². The molecule has 2 rings (SSSR count). The van der Waals surface area contributed by atoms with Crippen molar-refractivity contribution in [2.75, 3.05) is 13.7 Å². The quantitative estimate of drug-likeness (QED) is 0.863. The molecule has 0 bridgehead atoms. The molecule has 0 aromatic heterocycles. The first kappa shape index (κ1) is 14.7. The van der Waals surface area contributed by atoms with Crippen molar-refractivity contribution in [2.24, 2.45) is 0 Å². The van der Waals surface area contributed by atoms with Crippen LogP contribution in [0.2, 0.25) is 5.02 Å². The standard InChI is InChI=1S/C16H18ClNO2/c1-3-19-13-6-8-14(9-7-13)20-15-5-4-12(11-18-2)16(17)10-15/h4-10,18H,3,11H2,1-2H3. The van der Waals surface area contributed by atoms with Crippen LogP contribution in [0.3, 0.4) is 0 Å². The average Bonchev–Trinajstić information content (AvgIpc) is 2.44. The zero-order valence-electron chi connectivity index (χ0n) is 11.7. The number of hydrogen-bond donors (Lipinski definition) is 1. The summed E-state index contributed by atoms with van der Waals surface area (Å²) >= 11 is 6.20. The molecule has 0 unspecified atom stereocenters. The minimum atomic E-state index is 0.655. The van der Waals surface area contributed by atoms with E-state index in [0.717, 1.165) is 29.4 Å². The Morgan fingerprint density at radius 1 is 1.00 bits per heavy atom. The first-order valence-corrected chi connectivity index (χ1v) is 6.94. The number of ether oxygens (including phenoxy) is 2. The fourth-order valence-electron chi connectivity index (χ4n) is 1.83. The second-order valence-corrected chi connectivity index (χ2v) is 4.70. The number of rotatable bonds is 6. The zero-order chi connectivity index (χ0) is 14.4. The van der Waals surface area contributed by atoms with E-state index in [1.54, 1.807) is 0 Å². The number of halogens is 1. The molecule has 0 aliphatic heterocycles. The van der Waals surface area contributed by atoms with Gasteiger partial charge in [0.1, 0.15) is 17.2 Å². The summed E-state index contributed by atoms with van der Waals surface area (Å²) in [6, 6.07) is 13.2. The largest absolute Gasteiger partial charge is 0.494 e. The maximum absolute atomic E-state index is 6.20. The predicted molar refractivity (Wildman–Crippen MR) is 81.9 cm³/mol. The molecule has 20 heavy (non-hydrogen) atoms. The van der Waals surface area contributed by atoms with Gasteiger partial charge in [0.05, 0.1) is 6.61 Å². The topological polar surface area (TPSA) is 30.5 Å². The predicted octanol–water partition coefficient (Wildman–Crippen LogP) is 4.25. The highest BCUT2D eigenvalue weighted by Crippen LogP contribution is 2.28. The molecular formula is C16H18ClNO2. The molecular weight excluding hydrogens is 274 g/mol. The molecule has 2 aromatic carbocycles. The van der Waals surface area contributed by atoms with Crippen LogP contribution in [0.15, 0.2) is 42.5 Å². The molecule has 106 valence electrons. The van der Waals surface area contributed by atoms with Gasteiger partial charge in [-0.3, -0.25) is 0 Å². The summed E-state index contributed by atoms with van der Waals surface area (Å²) < 4.78 is 11.2. The second-order valence-electron chi connectivity index (χ2n) is 4.29. The average molecular weight is 292 g/mol. The van der Waals surface area contributed by atoms with Crippen LogP contribution in [0.4, 0.5) is 0 Å². The van der Waals surface area contributed by atoms with E-state index in [2.05, 4.69) is 5.32 Å². The van der Waals surface area contributed by atoms with Crippen molar-refractivity contribution in [1.29, 1.82) is 0 Å². The van der Waals surface area contributed by atoms with Gasteiger partial charge in [-0.25, -0.2) is 0 Å². The van der Waals surface area contributed by atoms with Gasteiger partial charge >= 0.3 is 0 Å². The summed E-state index contributed by atoms with van der Waals surface area (Å²) in [6.07, 6.45) is 0. The molecule has 0 aliphatic carbocycles. The van der Waals surface area contributed by atoms with Gasteiger partial charge in [-0.15, -0.1) is 0 Å².